The van der Waals surface area contributed by atoms with Crippen LogP contribution < -0.4 is 4.90 Å². The van der Waals surface area contributed by atoms with Crippen molar-refractivity contribution in [2.75, 3.05) is 18.0 Å². The van der Waals surface area contributed by atoms with Crippen molar-refractivity contribution < 1.29 is 18.7 Å². The molecule has 2 fully saturated rings. The molecule has 0 N–H and O–H groups in total. The Morgan fingerprint density at radius 3 is 2.50 bits per heavy atom. The van der Waals surface area contributed by atoms with Crippen molar-refractivity contribution >= 4 is 40.3 Å². The number of hydrogen-bond donors (Lipinski definition) is 0. The zero-order valence-corrected chi connectivity index (χ0v) is 19.4. The normalized spacial score (nSPS) is 20.8. The topological polar surface area (TPSA) is 88.8 Å². The van der Waals surface area contributed by atoms with Crippen LogP contribution >= 0.6 is 11.3 Å². The number of amides is 1. The summed E-state index contributed by atoms with van der Waals surface area (Å²) in [5, 5.41) is 2.68. The maximum atomic E-state index is 12.7. The molecule has 168 valence electrons. The summed E-state index contributed by atoms with van der Waals surface area (Å²) >= 11 is 1.49. The molecule has 2 bridgehead atoms. The van der Waals surface area contributed by atoms with E-state index in [0.717, 1.165) is 23.4 Å². The standard InChI is InChI=1S/C23H26N4O4S/c1-13(28)14-9-17(20-24-7-8-32-20)19-18(10-14)25-21(30-19)26-11-15-5-6-16(12-26)27(15)22(29)31-23(2,3)4/h7-10,15-16H,5-6,11-12H2,1-4H3. The number of Topliss-reactive ketones (excluding diaryl/α,β-unsaturated/α-hetero) is 1. The highest BCUT2D eigenvalue weighted by atomic mass is 32.1. The van der Waals surface area contributed by atoms with Gasteiger partial charge < -0.3 is 14.1 Å². The number of fused-ring (bicyclic) bond motifs is 3. The molecule has 0 saturated carbocycles. The number of ether oxygens (including phenoxy) is 1. The summed E-state index contributed by atoms with van der Waals surface area (Å²) in [4.78, 5) is 37.9. The number of ketones is 1. The molecule has 2 saturated heterocycles. The fraction of sp³-hybridized carbons (Fsp3) is 0.478. The number of rotatable bonds is 3. The van der Waals surface area contributed by atoms with Crippen molar-refractivity contribution in [2.45, 2.75) is 58.2 Å². The molecular formula is C23H26N4O4S. The van der Waals surface area contributed by atoms with E-state index in [4.69, 9.17) is 14.1 Å². The van der Waals surface area contributed by atoms with Gasteiger partial charge in [0.2, 0.25) is 0 Å². The van der Waals surface area contributed by atoms with Gasteiger partial charge in [0, 0.05) is 30.2 Å². The highest BCUT2D eigenvalue weighted by molar-refractivity contribution is 7.13. The van der Waals surface area contributed by atoms with Gasteiger partial charge >= 0.3 is 6.09 Å². The second kappa shape index (κ2) is 7.58. The highest BCUT2D eigenvalue weighted by Crippen LogP contribution is 2.37. The van der Waals surface area contributed by atoms with E-state index in [2.05, 4.69) is 9.88 Å². The van der Waals surface area contributed by atoms with Gasteiger partial charge in [0.05, 0.1) is 17.6 Å². The second-order valence-electron chi connectivity index (χ2n) is 9.44. The number of thiazole rings is 1. The molecule has 2 aliphatic heterocycles. The first-order valence-electron chi connectivity index (χ1n) is 10.8. The van der Waals surface area contributed by atoms with Crippen LogP contribution in [0.3, 0.4) is 0 Å². The Morgan fingerprint density at radius 2 is 1.91 bits per heavy atom. The Labute approximate surface area is 190 Å². The summed E-state index contributed by atoms with van der Waals surface area (Å²) in [6.45, 7) is 8.47. The highest BCUT2D eigenvalue weighted by Gasteiger charge is 2.45. The summed E-state index contributed by atoms with van der Waals surface area (Å²) in [7, 11) is 0. The molecule has 3 aromatic rings. The third-order valence-electron chi connectivity index (χ3n) is 5.91. The second-order valence-corrected chi connectivity index (χ2v) is 10.3. The smallest absolute Gasteiger partial charge is 0.410 e. The van der Waals surface area contributed by atoms with Crippen LogP contribution in [0.2, 0.25) is 0 Å². The van der Waals surface area contributed by atoms with Gasteiger partial charge in [-0.1, -0.05) is 0 Å². The molecule has 2 aromatic heterocycles. The van der Waals surface area contributed by atoms with E-state index in [9.17, 15) is 9.59 Å². The first-order valence-corrected chi connectivity index (χ1v) is 11.7. The molecule has 2 atom stereocenters. The number of benzene rings is 1. The van der Waals surface area contributed by atoms with E-state index >= 15 is 0 Å². The third-order valence-corrected chi connectivity index (χ3v) is 6.71. The summed E-state index contributed by atoms with van der Waals surface area (Å²) in [6, 6.07) is 4.23. The number of carbonyl (C=O) groups is 2. The minimum absolute atomic E-state index is 0.0294. The Balaban J connectivity index is 1.46. The van der Waals surface area contributed by atoms with Crippen LogP contribution in [0.5, 0.6) is 0 Å². The van der Waals surface area contributed by atoms with Crippen LogP contribution in [-0.2, 0) is 4.74 Å². The number of anilines is 1. The Hall–Kier alpha value is -2.94. The van der Waals surface area contributed by atoms with Gasteiger partial charge in [-0.05, 0) is 52.7 Å². The van der Waals surface area contributed by atoms with Crippen LogP contribution in [0, 0.1) is 0 Å². The maximum Gasteiger partial charge on any atom is 0.410 e. The average molecular weight is 455 g/mol. The molecule has 5 rings (SSSR count). The molecule has 9 heteroatoms. The van der Waals surface area contributed by atoms with Crippen molar-refractivity contribution in [3.8, 4) is 10.6 Å². The van der Waals surface area contributed by atoms with Crippen LogP contribution in [0.25, 0.3) is 21.7 Å². The van der Waals surface area contributed by atoms with E-state index in [1.807, 2.05) is 37.1 Å². The van der Waals surface area contributed by atoms with E-state index in [1.54, 1.807) is 19.2 Å². The number of piperazine rings is 1. The number of aromatic nitrogens is 2. The molecule has 8 nitrogen and oxygen atoms in total. The van der Waals surface area contributed by atoms with Gasteiger partial charge in [0.25, 0.3) is 6.01 Å². The van der Waals surface area contributed by atoms with Crippen molar-refractivity contribution in [3.05, 3.63) is 29.3 Å². The largest absolute Gasteiger partial charge is 0.444 e. The molecule has 1 aromatic carbocycles. The average Bonchev–Trinajstić information content (AvgIpc) is 3.43. The number of nitrogens with zero attached hydrogens (tertiary/aromatic N) is 4. The van der Waals surface area contributed by atoms with Crippen molar-refractivity contribution in [3.63, 3.8) is 0 Å². The molecule has 0 spiro atoms. The lowest BCUT2D eigenvalue weighted by atomic mass is 10.1. The molecule has 4 heterocycles. The van der Waals surface area contributed by atoms with Gasteiger partial charge in [-0.25, -0.2) is 9.78 Å². The zero-order valence-electron chi connectivity index (χ0n) is 18.6. The molecule has 2 aliphatic rings. The fourth-order valence-corrected chi connectivity index (χ4v) is 5.20. The Bertz CT molecular complexity index is 1170. The minimum Gasteiger partial charge on any atom is -0.444 e. The predicted molar refractivity (Wildman–Crippen MR) is 122 cm³/mol. The van der Waals surface area contributed by atoms with Crippen molar-refractivity contribution in [1.29, 1.82) is 0 Å². The predicted octanol–water partition coefficient (Wildman–Crippen LogP) is 4.74. The molecule has 0 radical (unpaired) electrons. The van der Waals surface area contributed by atoms with Crippen LogP contribution in [-0.4, -0.2) is 57.5 Å². The van der Waals surface area contributed by atoms with E-state index in [1.165, 1.54) is 11.3 Å². The van der Waals surface area contributed by atoms with Crippen molar-refractivity contribution in [2.24, 2.45) is 0 Å². The Morgan fingerprint density at radius 1 is 1.19 bits per heavy atom. The zero-order chi connectivity index (χ0) is 22.6. The Kier molecular flexibility index (Phi) is 4.96. The van der Waals surface area contributed by atoms with Gasteiger partial charge in [-0.3, -0.25) is 9.69 Å². The van der Waals surface area contributed by atoms with E-state index in [0.29, 0.717) is 35.8 Å². The minimum atomic E-state index is -0.519. The van der Waals surface area contributed by atoms with Gasteiger partial charge in [0.15, 0.2) is 11.4 Å². The number of hydrogen-bond acceptors (Lipinski definition) is 8. The lowest BCUT2D eigenvalue weighted by Gasteiger charge is -2.40. The van der Waals surface area contributed by atoms with E-state index < -0.39 is 5.60 Å². The third kappa shape index (κ3) is 3.74. The van der Waals surface area contributed by atoms with Crippen molar-refractivity contribution in [1.82, 2.24) is 14.9 Å². The maximum absolute atomic E-state index is 12.7. The monoisotopic (exact) mass is 454 g/mol. The van der Waals surface area contributed by atoms with Crippen LogP contribution in [0.15, 0.2) is 28.1 Å². The fourth-order valence-electron chi connectivity index (χ4n) is 4.55. The summed E-state index contributed by atoms with van der Waals surface area (Å²) < 4.78 is 11.9. The lowest BCUT2D eigenvalue weighted by molar-refractivity contribution is 0.0120. The van der Waals surface area contributed by atoms with Crippen LogP contribution in [0.1, 0.15) is 50.9 Å². The SMILES string of the molecule is CC(=O)c1cc(-c2nccs2)c2oc(N3CC4CCC(C3)N4C(=O)OC(C)(C)C)nc2c1. The van der Waals surface area contributed by atoms with Gasteiger partial charge in [-0.2, -0.15) is 4.98 Å². The summed E-state index contributed by atoms with van der Waals surface area (Å²) in [5.74, 6) is -0.0294. The summed E-state index contributed by atoms with van der Waals surface area (Å²) in [5.41, 5.74) is 2.10. The first-order chi connectivity index (χ1) is 15.2. The van der Waals surface area contributed by atoms with Gasteiger partial charge in [0.1, 0.15) is 16.1 Å². The molecule has 1 amide bonds. The van der Waals surface area contributed by atoms with Crippen LogP contribution in [0.4, 0.5) is 10.8 Å². The molecular weight excluding hydrogens is 428 g/mol. The van der Waals surface area contributed by atoms with E-state index in [-0.39, 0.29) is 24.0 Å². The quantitative estimate of drug-likeness (QED) is 0.528. The molecule has 32 heavy (non-hydrogen) atoms. The number of oxazole rings is 1. The lowest BCUT2D eigenvalue weighted by Crippen LogP contribution is -2.56. The first kappa shape index (κ1) is 20.9. The van der Waals surface area contributed by atoms with Gasteiger partial charge in [-0.15, -0.1) is 11.3 Å². The molecule has 2 unspecified atom stereocenters. The number of carbonyl (C=O) groups excluding carboxylic acids is 2. The molecule has 0 aliphatic carbocycles. The summed E-state index contributed by atoms with van der Waals surface area (Å²) in [6.07, 6.45) is 3.34.